The average molecular weight is 304 g/mol. The van der Waals surface area contributed by atoms with Crippen LogP contribution in [0.2, 0.25) is 0 Å². The monoisotopic (exact) mass is 304 g/mol. The largest absolute Gasteiger partial charge is 0.336 e. The summed E-state index contributed by atoms with van der Waals surface area (Å²) in [6.45, 7) is 2.89. The number of benzene rings is 1. The van der Waals surface area contributed by atoms with E-state index in [0.29, 0.717) is 18.1 Å². The zero-order valence-corrected chi connectivity index (χ0v) is 13.7. The number of carbonyl (C=O) groups excluding carboxylic acids is 1. The van der Waals surface area contributed by atoms with Gasteiger partial charge >= 0.3 is 0 Å². The lowest BCUT2D eigenvalue weighted by Gasteiger charge is -2.37. The minimum absolute atomic E-state index is 0.191. The highest BCUT2D eigenvalue weighted by molar-refractivity contribution is 7.98. The predicted molar refractivity (Wildman–Crippen MR) is 87.9 cm³/mol. The number of carbonyl (C=O) groups is 1. The third kappa shape index (κ3) is 3.11. The molecule has 0 aromatic heterocycles. The number of amides is 1. The molecule has 2 saturated heterocycles. The Bertz CT molecular complexity index is 490. The summed E-state index contributed by atoms with van der Waals surface area (Å²) in [7, 11) is 0. The van der Waals surface area contributed by atoms with E-state index < -0.39 is 0 Å². The molecule has 2 bridgehead atoms. The molecular weight excluding hydrogens is 280 g/mol. The van der Waals surface area contributed by atoms with Crippen molar-refractivity contribution < 1.29 is 4.79 Å². The molecule has 2 aliphatic heterocycles. The molecule has 2 fully saturated rings. The van der Waals surface area contributed by atoms with Crippen LogP contribution in [0.25, 0.3) is 0 Å². The molecule has 21 heavy (non-hydrogen) atoms. The summed E-state index contributed by atoms with van der Waals surface area (Å²) in [5.74, 6) is 0.191. The van der Waals surface area contributed by atoms with Crippen molar-refractivity contribution in [2.45, 2.75) is 55.6 Å². The molecule has 2 heterocycles. The second kappa shape index (κ2) is 6.41. The molecule has 0 aliphatic carbocycles. The molecular formula is C17H24N2OS. The Hall–Kier alpha value is -1.00. The maximum absolute atomic E-state index is 12.8. The maximum atomic E-state index is 12.8. The topological polar surface area (TPSA) is 32.3 Å². The Labute approximate surface area is 131 Å². The Morgan fingerprint density at radius 3 is 2.38 bits per heavy atom. The molecule has 1 N–H and O–H groups in total. The molecule has 0 spiro atoms. The highest BCUT2D eigenvalue weighted by Crippen LogP contribution is 2.30. The second-order valence-electron chi connectivity index (χ2n) is 6.08. The smallest absolute Gasteiger partial charge is 0.254 e. The molecule has 1 amide bonds. The number of fused-ring (bicyclic) bond motifs is 2. The van der Waals surface area contributed by atoms with Gasteiger partial charge in [0.2, 0.25) is 0 Å². The number of nitrogens with zero attached hydrogens (tertiary/aromatic N) is 1. The highest BCUT2D eigenvalue weighted by Gasteiger charge is 2.37. The van der Waals surface area contributed by atoms with Gasteiger partial charge in [-0.3, -0.25) is 4.79 Å². The summed E-state index contributed by atoms with van der Waals surface area (Å²) in [5, 5.41) is 3.65. The summed E-state index contributed by atoms with van der Waals surface area (Å²) in [5.41, 5.74) is 0.820. The van der Waals surface area contributed by atoms with Crippen molar-refractivity contribution in [3.8, 4) is 0 Å². The summed E-state index contributed by atoms with van der Waals surface area (Å²) in [4.78, 5) is 16.1. The van der Waals surface area contributed by atoms with Crippen LogP contribution in [-0.4, -0.2) is 41.7 Å². The maximum Gasteiger partial charge on any atom is 0.254 e. The van der Waals surface area contributed by atoms with Gasteiger partial charge in [-0.15, -0.1) is 11.8 Å². The molecule has 3 rings (SSSR count). The van der Waals surface area contributed by atoms with Crippen LogP contribution in [0.5, 0.6) is 0 Å². The van der Waals surface area contributed by atoms with Gasteiger partial charge < -0.3 is 10.2 Å². The van der Waals surface area contributed by atoms with Crippen LogP contribution in [0.1, 0.15) is 43.0 Å². The van der Waals surface area contributed by atoms with Crippen molar-refractivity contribution in [2.24, 2.45) is 0 Å². The lowest BCUT2D eigenvalue weighted by Crippen LogP contribution is -2.50. The van der Waals surface area contributed by atoms with E-state index in [9.17, 15) is 4.79 Å². The molecule has 114 valence electrons. The zero-order valence-electron chi connectivity index (χ0n) is 12.8. The lowest BCUT2D eigenvalue weighted by atomic mass is 9.97. The van der Waals surface area contributed by atoms with Crippen LogP contribution in [0.4, 0.5) is 0 Å². The first-order valence-corrected chi connectivity index (χ1v) is 9.14. The van der Waals surface area contributed by atoms with Crippen LogP contribution in [0.15, 0.2) is 29.2 Å². The molecule has 2 unspecified atom stereocenters. The molecule has 3 nitrogen and oxygen atoms in total. The lowest BCUT2D eigenvalue weighted by molar-refractivity contribution is 0.0631. The summed E-state index contributed by atoms with van der Waals surface area (Å²) in [6, 6.07) is 9.65. The Balaban J connectivity index is 1.74. The Morgan fingerprint density at radius 1 is 1.24 bits per heavy atom. The molecule has 0 saturated carbocycles. The molecule has 2 atom stereocenters. The van der Waals surface area contributed by atoms with Crippen molar-refractivity contribution in [3.05, 3.63) is 29.8 Å². The molecule has 2 aliphatic rings. The third-order valence-electron chi connectivity index (χ3n) is 4.83. The number of nitrogens with one attached hydrogen (secondary N) is 1. The molecule has 1 aromatic carbocycles. The first-order chi connectivity index (χ1) is 10.2. The van der Waals surface area contributed by atoms with Crippen molar-refractivity contribution in [1.82, 2.24) is 10.2 Å². The van der Waals surface area contributed by atoms with Gasteiger partial charge in [-0.05, 0) is 63.1 Å². The van der Waals surface area contributed by atoms with Gasteiger partial charge in [0, 0.05) is 35.1 Å². The minimum atomic E-state index is 0.191. The first kappa shape index (κ1) is 14.9. The standard InChI is InChI=1S/C17H24N2OS/c1-3-19(15-10-13-6-7-14(11-15)18-13)17(20)12-4-8-16(21-2)9-5-12/h4-5,8-9,13-15,18H,3,6-7,10-11H2,1-2H3. The van der Waals surface area contributed by atoms with Crippen molar-refractivity contribution in [3.63, 3.8) is 0 Å². The van der Waals surface area contributed by atoms with E-state index in [-0.39, 0.29) is 5.91 Å². The van der Waals surface area contributed by atoms with Gasteiger partial charge in [0.15, 0.2) is 0 Å². The van der Waals surface area contributed by atoms with E-state index in [1.54, 1.807) is 11.8 Å². The number of hydrogen-bond acceptors (Lipinski definition) is 3. The van der Waals surface area contributed by atoms with Crippen LogP contribution in [0.3, 0.4) is 0 Å². The SMILES string of the molecule is CCN(C(=O)c1ccc(SC)cc1)C1CC2CCC(C1)N2. The van der Waals surface area contributed by atoms with Crippen LogP contribution < -0.4 is 5.32 Å². The van der Waals surface area contributed by atoms with Gasteiger partial charge in [0.05, 0.1) is 0 Å². The zero-order chi connectivity index (χ0) is 14.8. The summed E-state index contributed by atoms with van der Waals surface area (Å²) < 4.78 is 0. The van der Waals surface area contributed by atoms with Crippen LogP contribution >= 0.6 is 11.8 Å². The van der Waals surface area contributed by atoms with E-state index in [2.05, 4.69) is 23.4 Å². The number of rotatable bonds is 4. The van der Waals surface area contributed by atoms with Gasteiger partial charge in [-0.25, -0.2) is 0 Å². The van der Waals surface area contributed by atoms with E-state index in [0.717, 1.165) is 24.9 Å². The fourth-order valence-corrected chi connectivity index (χ4v) is 4.16. The second-order valence-corrected chi connectivity index (χ2v) is 6.96. The van der Waals surface area contributed by atoms with Crippen LogP contribution in [-0.2, 0) is 0 Å². The third-order valence-corrected chi connectivity index (χ3v) is 5.57. The number of piperidine rings is 1. The minimum Gasteiger partial charge on any atom is -0.336 e. The van der Waals surface area contributed by atoms with E-state index in [4.69, 9.17) is 0 Å². The van der Waals surface area contributed by atoms with Gasteiger partial charge in [-0.1, -0.05) is 0 Å². The van der Waals surface area contributed by atoms with E-state index >= 15 is 0 Å². The average Bonchev–Trinajstić information content (AvgIpc) is 2.86. The molecule has 0 radical (unpaired) electrons. The fourth-order valence-electron chi connectivity index (χ4n) is 3.75. The molecule has 1 aromatic rings. The van der Waals surface area contributed by atoms with Crippen molar-refractivity contribution in [1.29, 1.82) is 0 Å². The first-order valence-electron chi connectivity index (χ1n) is 7.92. The predicted octanol–water partition coefficient (Wildman–Crippen LogP) is 3.15. The van der Waals surface area contributed by atoms with Crippen molar-refractivity contribution >= 4 is 17.7 Å². The van der Waals surface area contributed by atoms with Gasteiger partial charge in [0.1, 0.15) is 0 Å². The van der Waals surface area contributed by atoms with Gasteiger partial charge in [-0.2, -0.15) is 0 Å². The van der Waals surface area contributed by atoms with Crippen molar-refractivity contribution in [2.75, 3.05) is 12.8 Å². The fraction of sp³-hybridized carbons (Fsp3) is 0.588. The quantitative estimate of drug-likeness (QED) is 0.867. The van der Waals surface area contributed by atoms with Gasteiger partial charge in [0.25, 0.3) is 5.91 Å². The number of thioether (sulfide) groups is 1. The Kier molecular flexibility index (Phi) is 4.55. The highest BCUT2D eigenvalue weighted by atomic mass is 32.2. The normalized spacial score (nSPS) is 27.6. The van der Waals surface area contributed by atoms with E-state index in [1.165, 1.54) is 17.7 Å². The van der Waals surface area contributed by atoms with Crippen LogP contribution in [0, 0.1) is 0 Å². The summed E-state index contributed by atoms with van der Waals surface area (Å²) in [6.07, 6.45) is 6.82. The Morgan fingerprint density at radius 2 is 1.86 bits per heavy atom. The number of hydrogen-bond donors (Lipinski definition) is 1. The van der Waals surface area contributed by atoms with E-state index in [1.807, 2.05) is 24.3 Å². The summed E-state index contributed by atoms with van der Waals surface area (Å²) >= 11 is 1.71. The molecule has 4 heteroatoms.